The number of aryl methyl sites for hydroxylation is 2. The van der Waals surface area contributed by atoms with Gasteiger partial charge in [0.15, 0.2) is 0 Å². The zero-order valence-electron chi connectivity index (χ0n) is 11.1. The Morgan fingerprint density at radius 1 is 1.00 bits per heavy atom. The van der Waals surface area contributed by atoms with Crippen LogP contribution in [0.1, 0.15) is 11.5 Å². The molecule has 0 aliphatic carbocycles. The molecule has 0 saturated carbocycles. The second-order valence-corrected chi connectivity index (χ2v) is 4.91. The summed E-state index contributed by atoms with van der Waals surface area (Å²) in [5.41, 5.74) is 8.69. The summed E-state index contributed by atoms with van der Waals surface area (Å²) in [7, 11) is 0. The second-order valence-electron chi connectivity index (χ2n) is 4.91. The third-order valence-corrected chi connectivity index (χ3v) is 3.34. The molecule has 0 bridgehead atoms. The molecule has 100 valence electrons. The normalized spacial score (nSPS) is 11.7. The smallest absolute Gasteiger partial charge is 0.222 e. The lowest BCUT2D eigenvalue weighted by Gasteiger charge is -1.99. The fraction of sp³-hybridized carbons (Fsp3) is 0.133. The molecule has 3 aromatic heterocycles. The third-order valence-electron chi connectivity index (χ3n) is 3.34. The quantitative estimate of drug-likeness (QED) is 0.563. The third kappa shape index (κ3) is 1.46. The second kappa shape index (κ2) is 3.66. The Morgan fingerprint density at radius 2 is 1.80 bits per heavy atom. The number of hydrogen-bond acceptors (Lipinski definition) is 5. The van der Waals surface area contributed by atoms with E-state index in [0.717, 1.165) is 39.0 Å². The summed E-state index contributed by atoms with van der Waals surface area (Å²) in [5.74, 6) is 1.94. The van der Waals surface area contributed by atoms with E-state index in [-0.39, 0.29) is 5.88 Å². The van der Waals surface area contributed by atoms with Crippen molar-refractivity contribution < 1.29 is 13.4 Å². The number of rotatable bonds is 1. The first kappa shape index (κ1) is 11.2. The van der Waals surface area contributed by atoms with Gasteiger partial charge in [-0.1, -0.05) is 5.16 Å². The molecule has 0 fully saturated rings. The van der Waals surface area contributed by atoms with Crippen molar-refractivity contribution in [3.8, 4) is 11.3 Å². The standard InChI is InChI=1S/C15H12N2O3/c1-7-3-9-5-12-10(4-8(2)18-12)14(15(9)19-7)11-6-13(16)20-17-11/h3-6H,16H2,1-2H3. The maximum Gasteiger partial charge on any atom is 0.222 e. The monoisotopic (exact) mass is 268 g/mol. The summed E-state index contributed by atoms with van der Waals surface area (Å²) in [6.45, 7) is 3.82. The Hall–Kier alpha value is -2.69. The fourth-order valence-electron chi connectivity index (χ4n) is 2.60. The fourth-order valence-corrected chi connectivity index (χ4v) is 2.60. The van der Waals surface area contributed by atoms with E-state index in [1.165, 1.54) is 0 Å². The van der Waals surface area contributed by atoms with Crippen molar-refractivity contribution in [2.75, 3.05) is 5.73 Å². The van der Waals surface area contributed by atoms with Crippen molar-refractivity contribution in [1.82, 2.24) is 5.16 Å². The maximum atomic E-state index is 5.82. The molecule has 0 unspecified atom stereocenters. The number of furan rings is 2. The van der Waals surface area contributed by atoms with Crippen LogP contribution in [0.15, 0.2) is 37.6 Å². The van der Waals surface area contributed by atoms with Gasteiger partial charge in [0.1, 0.15) is 28.4 Å². The maximum absolute atomic E-state index is 5.82. The number of anilines is 1. The van der Waals surface area contributed by atoms with Crippen molar-refractivity contribution in [3.63, 3.8) is 0 Å². The van der Waals surface area contributed by atoms with Crippen LogP contribution in [0.3, 0.4) is 0 Å². The van der Waals surface area contributed by atoms with Crippen molar-refractivity contribution in [2.45, 2.75) is 13.8 Å². The van der Waals surface area contributed by atoms with Crippen LogP contribution in [0.2, 0.25) is 0 Å². The predicted octanol–water partition coefficient (Wildman–Crippen LogP) is 4.03. The van der Waals surface area contributed by atoms with E-state index in [1.54, 1.807) is 6.07 Å². The lowest BCUT2D eigenvalue weighted by atomic mass is 10.0. The van der Waals surface area contributed by atoms with E-state index in [2.05, 4.69) is 5.16 Å². The molecule has 4 aromatic rings. The average molecular weight is 268 g/mol. The Morgan fingerprint density at radius 3 is 2.55 bits per heavy atom. The van der Waals surface area contributed by atoms with Crippen LogP contribution in [0.4, 0.5) is 5.88 Å². The Balaban J connectivity index is 2.21. The van der Waals surface area contributed by atoms with Gasteiger partial charge in [0, 0.05) is 16.8 Å². The number of hydrogen-bond donors (Lipinski definition) is 1. The highest BCUT2D eigenvalue weighted by Gasteiger charge is 2.19. The first-order chi connectivity index (χ1) is 9.61. The van der Waals surface area contributed by atoms with Gasteiger partial charge in [-0.2, -0.15) is 0 Å². The van der Waals surface area contributed by atoms with Crippen LogP contribution in [0, 0.1) is 13.8 Å². The van der Waals surface area contributed by atoms with Gasteiger partial charge in [0.25, 0.3) is 0 Å². The topological polar surface area (TPSA) is 78.3 Å². The molecule has 0 spiro atoms. The van der Waals surface area contributed by atoms with E-state index >= 15 is 0 Å². The van der Waals surface area contributed by atoms with Crippen molar-refractivity contribution >= 4 is 27.8 Å². The Labute approximate surface area is 113 Å². The molecule has 0 saturated heterocycles. The summed E-state index contributed by atoms with van der Waals surface area (Å²) < 4.78 is 16.5. The number of fused-ring (bicyclic) bond motifs is 2. The summed E-state index contributed by atoms with van der Waals surface area (Å²) in [6, 6.07) is 7.60. The first-order valence-corrected chi connectivity index (χ1v) is 6.27. The number of nitrogen functional groups attached to an aromatic ring is 1. The molecule has 0 amide bonds. The SMILES string of the molecule is Cc1cc2c(-c3cc(N)on3)c3oc(C)cc3cc2o1. The molecular formula is C15H12N2O3. The highest BCUT2D eigenvalue weighted by atomic mass is 16.5. The van der Waals surface area contributed by atoms with Gasteiger partial charge in [-0.3, -0.25) is 0 Å². The minimum Gasteiger partial charge on any atom is -0.461 e. The molecular weight excluding hydrogens is 256 g/mol. The van der Waals surface area contributed by atoms with Crippen LogP contribution < -0.4 is 5.73 Å². The molecule has 0 radical (unpaired) electrons. The largest absolute Gasteiger partial charge is 0.461 e. The molecule has 20 heavy (non-hydrogen) atoms. The van der Waals surface area contributed by atoms with E-state index in [4.69, 9.17) is 19.1 Å². The number of nitrogens with zero attached hydrogens (tertiary/aromatic N) is 1. The molecule has 2 N–H and O–H groups in total. The van der Waals surface area contributed by atoms with Gasteiger partial charge in [-0.15, -0.1) is 0 Å². The van der Waals surface area contributed by atoms with Crippen molar-refractivity contribution in [3.05, 3.63) is 35.8 Å². The number of aromatic nitrogens is 1. The molecule has 0 aliphatic rings. The summed E-state index contributed by atoms with van der Waals surface area (Å²) in [4.78, 5) is 0. The van der Waals surface area contributed by atoms with E-state index in [1.807, 2.05) is 32.0 Å². The molecule has 0 atom stereocenters. The van der Waals surface area contributed by atoms with Crippen LogP contribution in [0.25, 0.3) is 33.2 Å². The predicted molar refractivity (Wildman–Crippen MR) is 75.4 cm³/mol. The average Bonchev–Trinajstić information content (AvgIpc) is 3.03. The highest BCUT2D eigenvalue weighted by Crippen LogP contribution is 2.39. The molecule has 5 nitrogen and oxygen atoms in total. The Bertz CT molecular complexity index is 888. The molecule has 0 aliphatic heterocycles. The summed E-state index contributed by atoms with van der Waals surface area (Å²) in [6.07, 6.45) is 0. The molecule has 1 aromatic carbocycles. The molecule has 3 heterocycles. The first-order valence-electron chi connectivity index (χ1n) is 6.27. The zero-order chi connectivity index (χ0) is 13.9. The molecule has 5 heteroatoms. The van der Waals surface area contributed by atoms with Crippen LogP contribution in [-0.4, -0.2) is 5.16 Å². The Kier molecular flexibility index (Phi) is 2.04. The zero-order valence-corrected chi connectivity index (χ0v) is 11.1. The van der Waals surface area contributed by atoms with E-state index in [9.17, 15) is 0 Å². The van der Waals surface area contributed by atoms with Crippen molar-refractivity contribution in [2.24, 2.45) is 0 Å². The highest BCUT2D eigenvalue weighted by molar-refractivity contribution is 6.08. The van der Waals surface area contributed by atoms with Crippen LogP contribution >= 0.6 is 0 Å². The van der Waals surface area contributed by atoms with Gasteiger partial charge < -0.3 is 19.1 Å². The van der Waals surface area contributed by atoms with Gasteiger partial charge in [0.05, 0.1) is 5.56 Å². The minimum absolute atomic E-state index is 0.272. The summed E-state index contributed by atoms with van der Waals surface area (Å²) in [5, 5.41) is 5.92. The van der Waals surface area contributed by atoms with Gasteiger partial charge in [-0.25, -0.2) is 0 Å². The number of nitrogens with two attached hydrogens (primary N) is 1. The lowest BCUT2D eigenvalue weighted by Crippen LogP contribution is -1.80. The number of benzene rings is 1. The van der Waals surface area contributed by atoms with Gasteiger partial charge in [-0.05, 0) is 32.0 Å². The molecule has 4 rings (SSSR count). The van der Waals surface area contributed by atoms with Crippen molar-refractivity contribution in [1.29, 1.82) is 0 Å². The lowest BCUT2D eigenvalue weighted by molar-refractivity contribution is 0.439. The van der Waals surface area contributed by atoms with Crippen LogP contribution in [-0.2, 0) is 0 Å². The van der Waals surface area contributed by atoms with Gasteiger partial charge >= 0.3 is 0 Å². The van der Waals surface area contributed by atoms with E-state index < -0.39 is 0 Å². The minimum atomic E-state index is 0.272. The summed E-state index contributed by atoms with van der Waals surface area (Å²) >= 11 is 0. The van der Waals surface area contributed by atoms with Gasteiger partial charge in [0.2, 0.25) is 5.88 Å². The van der Waals surface area contributed by atoms with E-state index in [0.29, 0.717) is 5.69 Å². The van der Waals surface area contributed by atoms with Crippen LogP contribution in [0.5, 0.6) is 0 Å².